The van der Waals surface area contributed by atoms with E-state index in [0.717, 1.165) is 6.29 Å². The molecule has 2 unspecified atom stereocenters. The highest BCUT2D eigenvalue weighted by atomic mass is 79.9. The van der Waals surface area contributed by atoms with E-state index in [4.69, 9.17) is 0 Å². The summed E-state index contributed by atoms with van der Waals surface area (Å²) in [5.41, 5.74) is 0. The number of hydrogen-bond acceptors (Lipinski definition) is 1. The zero-order chi connectivity index (χ0) is 6.36. The van der Waals surface area contributed by atoms with Gasteiger partial charge in [-0.15, -0.1) is 0 Å². The number of carbonyl (C=O) groups is 1. The number of aldehydes is 1. The minimum absolute atomic E-state index is 0.0677. The van der Waals surface area contributed by atoms with Gasteiger partial charge in [0.1, 0.15) is 6.29 Å². The highest BCUT2D eigenvalue weighted by Crippen LogP contribution is 2.60. The fourth-order valence-electron chi connectivity index (χ4n) is 0.718. The van der Waals surface area contributed by atoms with E-state index in [9.17, 15) is 4.79 Å². The largest absolute Gasteiger partial charge is 0.303 e. The number of alkyl halides is 2. The van der Waals surface area contributed by atoms with E-state index < -0.39 is 0 Å². The van der Waals surface area contributed by atoms with Crippen LogP contribution in [0, 0.1) is 11.8 Å². The molecule has 0 aromatic rings. The van der Waals surface area contributed by atoms with Gasteiger partial charge in [0.25, 0.3) is 0 Å². The molecule has 0 bridgehead atoms. The van der Waals surface area contributed by atoms with Crippen LogP contribution in [0.15, 0.2) is 0 Å². The van der Waals surface area contributed by atoms with Crippen molar-refractivity contribution in [3.63, 3.8) is 0 Å². The maximum absolute atomic E-state index is 10.1. The van der Waals surface area contributed by atoms with Crippen LogP contribution in [0.25, 0.3) is 0 Å². The predicted octanol–water partition coefficient (Wildman–Crippen LogP) is 1.94. The molecule has 46 valence electrons. The molecule has 0 N–H and O–H groups in total. The van der Waals surface area contributed by atoms with Gasteiger partial charge in [-0.05, 0) is 5.92 Å². The molecule has 0 aliphatic heterocycles. The summed E-state index contributed by atoms with van der Waals surface area (Å²) in [7, 11) is 0. The van der Waals surface area contributed by atoms with Crippen molar-refractivity contribution in [1.82, 2.24) is 0 Å². The monoisotopic (exact) mass is 240 g/mol. The minimum Gasteiger partial charge on any atom is -0.303 e. The third-order valence-electron chi connectivity index (χ3n) is 1.63. The van der Waals surface area contributed by atoms with E-state index >= 15 is 0 Å². The Hall–Kier alpha value is 0.630. The van der Waals surface area contributed by atoms with Crippen LogP contribution < -0.4 is 0 Å². The summed E-state index contributed by atoms with van der Waals surface area (Å²) < 4.78 is -0.0677. The molecule has 1 nitrogen and oxygen atoms in total. The molecular weight excluding hydrogens is 236 g/mol. The average molecular weight is 242 g/mol. The first-order valence-electron chi connectivity index (χ1n) is 2.44. The third kappa shape index (κ3) is 0.760. The van der Waals surface area contributed by atoms with Gasteiger partial charge in [0.05, 0.1) is 3.23 Å². The van der Waals surface area contributed by atoms with Gasteiger partial charge in [0.15, 0.2) is 0 Å². The van der Waals surface area contributed by atoms with E-state index in [0.29, 0.717) is 5.92 Å². The highest BCUT2D eigenvalue weighted by Gasteiger charge is 2.58. The third-order valence-corrected chi connectivity index (χ3v) is 4.13. The Labute approximate surface area is 65.1 Å². The van der Waals surface area contributed by atoms with Gasteiger partial charge < -0.3 is 4.79 Å². The Kier molecular flexibility index (Phi) is 1.52. The lowest BCUT2D eigenvalue weighted by Crippen LogP contribution is -1.87. The van der Waals surface area contributed by atoms with Gasteiger partial charge in [-0.3, -0.25) is 0 Å². The van der Waals surface area contributed by atoms with Gasteiger partial charge in [0, 0.05) is 5.92 Å². The molecule has 8 heavy (non-hydrogen) atoms. The number of hydrogen-bond donors (Lipinski definition) is 0. The molecule has 0 aromatic carbocycles. The standard InChI is InChI=1S/C5H6Br2O/c1-3-4(2-8)5(3,6)7/h2-4H,1H3. The average Bonchev–Trinajstić information content (AvgIpc) is 2.09. The Morgan fingerprint density at radius 2 is 2.00 bits per heavy atom. The summed E-state index contributed by atoms with van der Waals surface area (Å²) in [5.74, 6) is 0.613. The molecule has 1 aliphatic carbocycles. The quantitative estimate of drug-likeness (QED) is 0.507. The van der Waals surface area contributed by atoms with E-state index in [-0.39, 0.29) is 9.15 Å². The number of carbonyl (C=O) groups excluding carboxylic acids is 1. The lowest BCUT2D eigenvalue weighted by atomic mass is 10.4. The number of rotatable bonds is 1. The molecular formula is C5H6Br2O. The van der Waals surface area contributed by atoms with E-state index in [1.54, 1.807) is 0 Å². The fourth-order valence-corrected chi connectivity index (χ4v) is 2.03. The molecule has 0 spiro atoms. The fraction of sp³-hybridized carbons (Fsp3) is 0.800. The molecule has 1 rings (SSSR count). The van der Waals surface area contributed by atoms with Crippen LogP contribution in [-0.4, -0.2) is 9.52 Å². The second-order valence-electron chi connectivity index (χ2n) is 2.13. The first-order valence-corrected chi connectivity index (χ1v) is 4.02. The van der Waals surface area contributed by atoms with Crippen LogP contribution in [0.2, 0.25) is 0 Å². The predicted molar refractivity (Wildman–Crippen MR) is 39.3 cm³/mol. The first-order chi connectivity index (χ1) is 3.60. The van der Waals surface area contributed by atoms with Crippen LogP contribution in [0.4, 0.5) is 0 Å². The summed E-state index contributed by atoms with van der Waals surface area (Å²) in [6.07, 6.45) is 0.980. The van der Waals surface area contributed by atoms with Gasteiger partial charge in [-0.1, -0.05) is 38.8 Å². The van der Waals surface area contributed by atoms with Crippen molar-refractivity contribution in [2.75, 3.05) is 0 Å². The maximum atomic E-state index is 10.1. The van der Waals surface area contributed by atoms with Crippen molar-refractivity contribution in [3.05, 3.63) is 0 Å². The second-order valence-corrected chi connectivity index (χ2v) is 5.81. The maximum Gasteiger partial charge on any atom is 0.125 e. The van der Waals surface area contributed by atoms with Gasteiger partial charge >= 0.3 is 0 Å². The summed E-state index contributed by atoms with van der Waals surface area (Å²) in [6, 6.07) is 0. The van der Waals surface area contributed by atoms with Crippen LogP contribution in [0.1, 0.15) is 6.92 Å². The molecule has 1 saturated carbocycles. The molecule has 0 heterocycles. The lowest BCUT2D eigenvalue weighted by molar-refractivity contribution is -0.109. The molecule has 0 amide bonds. The lowest BCUT2D eigenvalue weighted by Gasteiger charge is -1.87. The molecule has 1 aliphatic rings. The Balaban J connectivity index is 2.57. The molecule has 1 fully saturated rings. The van der Waals surface area contributed by atoms with Crippen molar-refractivity contribution < 1.29 is 4.79 Å². The van der Waals surface area contributed by atoms with Crippen molar-refractivity contribution in [3.8, 4) is 0 Å². The molecule has 2 atom stereocenters. The molecule has 0 aromatic heterocycles. The van der Waals surface area contributed by atoms with Crippen LogP contribution in [0.3, 0.4) is 0 Å². The van der Waals surface area contributed by atoms with Crippen LogP contribution >= 0.6 is 31.9 Å². The van der Waals surface area contributed by atoms with Crippen molar-refractivity contribution >= 4 is 38.1 Å². The first kappa shape index (κ1) is 6.75. The van der Waals surface area contributed by atoms with E-state index in [1.807, 2.05) is 6.92 Å². The Morgan fingerprint density at radius 3 is 2.00 bits per heavy atom. The smallest absolute Gasteiger partial charge is 0.125 e. The Morgan fingerprint density at radius 1 is 1.62 bits per heavy atom. The van der Waals surface area contributed by atoms with Crippen LogP contribution in [0.5, 0.6) is 0 Å². The zero-order valence-corrected chi connectivity index (χ0v) is 7.57. The van der Waals surface area contributed by atoms with Crippen LogP contribution in [-0.2, 0) is 4.79 Å². The molecule has 0 radical (unpaired) electrons. The van der Waals surface area contributed by atoms with Gasteiger partial charge in [0.2, 0.25) is 0 Å². The second kappa shape index (κ2) is 1.81. The molecule has 0 saturated heterocycles. The van der Waals surface area contributed by atoms with E-state index in [2.05, 4.69) is 31.9 Å². The minimum atomic E-state index is -0.0677. The van der Waals surface area contributed by atoms with Crippen molar-refractivity contribution in [2.45, 2.75) is 10.2 Å². The van der Waals surface area contributed by atoms with Crippen molar-refractivity contribution in [1.29, 1.82) is 0 Å². The summed E-state index contributed by atoms with van der Waals surface area (Å²) in [4.78, 5) is 10.1. The van der Waals surface area contributed by atoms with Gasteiger partial charge in [-0.2, -0.15) is 0 Å². The highest BCUT2D eigenvalue weighted by molar-refractivity contribution is 9.25. The number of halogens is 2. The summed E-state index contributed by atoms with van der Waals surface area (Å²) >= 11 is 6.73. The molecule has 3 heteroatoms. The van der Waals surface area contributed by atoms with E-state index in [1.165, 1.54) is 0 Å². The normalized spacial score (nSPS) is 41.4. The topological polar surface area (TPSA) is 17.1 Å². The zero-order valence-electron chi connectivity index (χ0n) is 4.40. The van der Waals surface area contributed by atoms with Crippen molar-refractivity contribution in [2.24, 2.45) is 11.8 Å². The summed E-state index contributed by atoms with van der Waals surface area (Å²) in [6.45, 7) is 2.03. The SMILES string of the molecule is CC1C(C=O)C1(Br)Br. The summed E-state index contributed by atoms with van der Waals surface area (Å²) in [5, 5.41) is 0. The van der Waals surface area contributed by atoms with Gasteiger partial charge in [-0.25, -0.2) is 0 Å². The Bertz CT molecular complexity index is 122.